The summed E-state index contributed by atoms with van der Waals surface area (Å²) in [5.41, 5.74) is 1.91. The molecule has 3 aromatic rings. The van der Waals surface area contributed by atoms with Crippen molar-refractivity contribution < 1.29 is 34.1 Å². The largest absolute Gasteiger partial charge is 0.508 e. The Morgan fingerprint density at radius 1 is 0.804 bits per heavy atom. The quantitative estimate of drug-likeness (QED) is 0.0967. The molecule has 272 valence electrons. The van der Waals surface area contributed by atoms with E-state index in [1.54, 1.807) is 119 Å². The van der Waals surface area contributed by atoms with Crippen molar-refractivity contribution in [2.75, 3.05) is 21.1 Å². The van der Waals surface area contributed by atoms with Gasteiger partial charge in [-0.15, -0.1) is 0 Å². The van der Waals surface area contributed by atoms with Gasteiger partial charge in [0.2, 0.25) is 5.91 Å². The average Bonchev–Trinajstić information content (AvgIpc) is 3.10. The first-order valence-electron chi connectivity index (χ1n) is 16.6. The van der Waals surface area contributed by atoms with E-state index in [-0.39, 0.29) is 17.4 Å². The van der Waals surface area contributed by atoms with Crippen LogP contribution in [0, 0.1) is 5.92 Å². The zero-order valence-electron chi connectivity index (χ0n) is 30.1. The van der Waals surface area contributed by atoms with Gasteiger partial charge in [0.15, 0.2) is 6.10 Å². The normalized spacial score (nSPS) is 14.2. The van der Waals surface area contributed by atoms with E-state index in [9.17, 15) is 29.4 Å². The number of carbonyl (C=O) groups is 4. The Bertz CT molecular complexity index is 1670. The van der Waals surface area contributed by atoms with Crippen molar-refractivity contribution in [1.29, 1.82) is 0 Å². The minimum absolute atomic E-state index is 0.0846. The number of esters is 1. The Hall–Kier alpha value is -5.30. The fourth-order valence-electron chi connectivity index (χ4n) is 5.38. The van der Waals surface area contributed by atoms with Gasteiger partial charge in [-0.2, -0.15) is 0 Å². The molecule has 0 saturated carbocycles. The molecular weight excluding hydrogens is 650 g/mol. The summed E-state index contributed by atoms with van der Waals surface area (Å²) in [6.45, 7) is 6.94. The fraction of sp³-hybridized carbons (Fsp3) is 0.333. The summed E-state index contributed by atoms with van der Waals surface area (Å²) in [6.07, 6.45) is 0.460. The Kier molecular flexibility index (Phi) is 15.1. The summed E-state index contributed by atoms with van der Waals surface area (Å²) in [5, 5.41) is 31.8. The van der Waals surface area contributed by atoms with Crippen LogP contribution in [0.1, 0.15) is 56.6 Å². The number of aromatic hydroxyl groups is 1. The molecule has 0 aliphatic carbocycles. The maximum atomic E-state index is 14.1. The molecule has 0 radical (unpaired) electrons. The topological polar surface area (TPSA) is 169 Å². The lowest BCUT2D eigenvalue weighted by molar-refractivity contribution is -0.157. The van der Waals surface area contributed by atoms with E-state index in [1.807, 2.05) is 13.8 Å². The monoisotopic (exact) mass is 699 g/mol. The molecule has 6 N–H and O–H groups in total. The van der Waals surface area contributed by atoms with Crippen molar-refractivity contribution in [3.63, 3.8) is 0 Å². The molecule has 0 heterocycles. The van der Waals surface area contributed by atoms with E-state index in [0.29, 0.717) is 22.3 Å². The predicted molar refractivity (Wildman–Crippen MR) is 196 cm³/mol. The number of carbonyl (C=O) groups excluding carboxylic acids is 4. The zero-order chi connectivity index (χ0) is 37.7. The van der Waals surface area contributed by atoms with Gasteiger partial charge in [0.25, 0.3) is 11.8 Å². The van der Waals surface area contributed by atoms with Crippen LogP contribution in [-0.2, 0) is 23.9 Å². The van der Waals surface area contributed by atoms with Crippen LogP contribution in [0.15, 0.2) is 102 Å². The Morgan fingerprint density at radius 2 is 1.37 bits per heavy atom. The maximum Gasteiger partial charge on any atom is 0.324 e. The molecule has 0 unspecified atom stereocenters. The Morgan fingerprint density at radius 3 is 1.88 bits per heavy atom. The first kappa shape index (κ1) is 40.1. The predicted octanol–water partition coefficient (Wildman–Crippen LogP) is 3.57. The minimum Gasteiger partial charge on any atom is -0.508 e. The van der Waals surface area contributed by atoms with Crippen LogP contribution in [0.3, 0.4) is 0 Å². The highest BCUT2D eigenvalue weighted by atomic mass is 16.5. The summed E-state index contributed by atoms with van der Waals surface area (Å²) >= 11 is 0. The van der Waals surface area contributed by atoms with E-state index < -0.39 is 54.0 Å². The van der Waals surface area contributed by atoms with Gasteiger partial charge in [-0.1, -0.05) is 86.6 Å². The van der Waals surface area contributed by atoms with Crippen molar-refractivity contribution in [2.45, 2.75) is 58.0 Å². The first-order chi connectivity index (χ1) is 24.2. The van der Waals surface area contributed by atoms with Gasteiger partial charge in [0.05, 0.1) is 0 Å². The summed E-state index contributed by atoms with van der Waals surface area (Å²) < 4.78 is 6.01. The van der Waals surface area contributed by atoms with E-state index in [4.69, 9.17) is 4.74 Å². The molecule has 0 fully saturated rings. The molecule has 0 aromatic heterocycles. The third-order valence-corrected chi connectivity index (χ3v) is 8.11. The number of rotatable bonds is 16. The first-order valence-corrected chi connectivity index (χ1v) is 16.6. The van der Waals surface area contributed by atoms with Crippen molar-refractivity contribution in [3.8, 4) is 5.75 Å². The summed E-state index contributed by atoms with van der Waals surface area (Å²) in [6, 6.07) is 20.3. The number of aliphatic hydroxyl groups excluding tert-OH is 1. The van der Waals surface area contributed by atoms with Gasteiger partial charge < -0.3 is 36.2 Å². The molecule has 51 heavy (non-hydrogen) atoms. The number of ether oxygens (including phenoxy) is 1. The third kappa shape index (κ3) is 11.4. The van der Waals surface area contributed by atoms with Crippen molar-refractivity contribution in [3.05, 3.63) is 119 Å². The Balaban J connectivity index is 2.00. The number of aliphatic hydroxyl groups is 1. The van der Waals surface area contributed by atoms with Gasteiger partial charge in [0, 0.05) is 6.20 Å². The van der Waals surface area contributed by atoms with Crippen molar-refractivity contribution in [1.82, 2.24) is 26.2 Å². The number of phenols is 1. The second-order valence-electron chi connectivity index (χ2n) is 12.8. The van der Waals surface area contributed by atoms with Crippen LogP contribution in [0.5, 0.6) is 5.75 Å². The van der Waals surface area contributed by atoms with Crippen LogP contribution in [-0.4, -0.2) is 78.1 Å². The number of hydrogen-bond donors (Lipinski definition) is 6. The van der Waals surface area contributed by atoms with Gasteiger partial charge in [-0.3, -0.25) is 24.1 Å². The number of benzene rings is 3. The SMILES string of the molecule is CN[C@H](C(=O)O[C@@H](c1ccccc1)[C@@H](NC(=O)C(NC(=O)[C@H]([C@H](O)c1ccccc1)N(C)C)=C(C)C)C(=O)NC=Cc1ccc(O)cc1)C(C)C. The number of nitrogens with one attached hydrogen (secondary N) is 4. The highest BCUT2D eigenvalue weighted by Crippen LogP contribution is 2.25. The van der Waals surface area contributed by atoms with E-state index in [2.05, 4.69) is 21.3 Å². The van der Waals surface area contributed by atoms with Crippen LogP contribution in [0.25, 0.3) is 6.08 Å². The third-order valence-electron chi connectivity index (χ3n) is 8.11. The highest BCUT2D eigenvalue weighted by molar-refractivity contribution is 6.01. The van der Waals surface area contributed by atoms with Crippen LogP contribution < -0.4 is 21.3 Å². The van der Waals surface area contributed by atoms with Crippen LogP contribution in [0.2, 0.25) is 0 Å². The zero-order valence-corrected chi connectivity index (χ0v) is 30.1. The second kappa shape index (κ2) is 19.2. The summed E-state index contributed by atoms with van der Waals surface area (Å²) in [4.78, 5) is 56.8. The lowest BCUT2D eigenvalue weighted by atomic mass is 9.99. The molecule has 0 bridgehead atoms. The number of amides is 3. The standard InChI is InChI=1S/C39H49N5O7/c1-24(2)30(42-38(49)33(44(6)7)34(46)27-14-10-8-11-15-27)37(48)43-32(36(47)41-23-22-26-18-20-29(45)21-19-26)35(28-16-12-9-13-17-28)51-39(50)31(40-5)25(3)4/h8-23,25,31-35,40,45-46H,1-7H3,(H,41,47)(H,42,49)(H,43,48)/t31-,32+,33-,34+,35-/m0/s1. The lowest BCUT2D eigenvalue weighted by Crippen LogP contribution is -2.54. The molecule has 0 aliphatic heterocycles. The molecule has 12 nitrogen and oxygen atoms in total. The smallest absolute Gasteiger partial charge is 0.324 e. The average molecular weight is 700 g/mol. The van der Waals surface area contributed by atoms with Crippen LogP contribution >= 0.6 is 0 Å². The van der Waals surface area contributed by atoms with E-state index >= 15 is 0 Å². The van der Waals surface area contributed by atoms with Gasteiger partial charge in [0.1, 0.15) is 35.7 Å². The molecule has 3 amide bonds. The van der Waals surface area contributed by atoms with Crippen LogP contribution in [0.4, 0.5) is 0 Å². The lowest BCUT2D eigenvalue weighted by Gasteiger charge is -2.31. The molecule has 0 saturated heterocycles. The number of phenolic OH excluding ortho intramolecular Hbond substituents is 1. The minimum atomic E-state index is -1.48. The second-order valence-corrected chi connectivity index (χ2v) is 12.8. The number of likely N-dealkylation sites (N-methyl/N-ethyl adjacent to an activating group) is 2. The van der Waals surface area contributed by atoms with Gasteiger partial charge >= 0.3 is 5.97 Å². The van der Waals surface area contributed by atoms with Crippen molar-refractivity contribution in [2.24, 2.45) is 5.92 Å². The molecule has 5 atom stereocenters. The molecule has 0 spiro atoms. The van der Waals surface area contributed by atoms with Gasteiger partial charge in [-0.05, 0) is 81.4 Å². The summed E-state index contributed by atoms with van der Waals surface area (Å²) in [5.74, 6) is -2.88. The molecule has 0 aliphatic rings. The number of hydrogen-bond acceptors (Lipinski definition) is 9. The molecule has 12 heteroatoms. The summed E-state index contributed by atoms with van der Waals surface area (Å²) in [7, 11) is 4.90. The molecule has 3 aromatic carbocycles. The number of allylic oxidation sites excluding steroid dienone is 1. The highest BCUT2D eigenvalue weighted by Gasteiger charge is 2.38. The van der Waals surface area contributed by atoms with E-state index in [0.717, 1.165) is 0 Å². The van der Waals surface area contributed by atoms with Gasteiger partial charge in [-0.25, -0.2) is 0 Å². The molecule has 3 rings (SSSR count). The number of nitrogens with zero attached hydrogens (tertiary/aromatic N) is 1. The maximum absolute atomic E-state index is 14.1. The fourth-order valence-corrected chi connectivity index (χ4v) is 5.38. The Labute approximate surface area is 299 Å². The molecular formula is C39H49N5O7. The van der Waals surface area contributed by atoms with E-state index in [1.165, 1.54) is 18.3 Å². The van der Waals surface area contributed by atoms with Crippen molar-refractivity contribution >= 4 is 29.8 Å².